The number of nitrogens with one attached hydrogen (secondary N) is 2. The zero-order valence-electron chi connectivity index (χ0n) is 12.4. The minimum atomic E-state index is -0.464. The molecule has 21 heavy (non-hydrogen) atoms. The molecule has 0 saturated carbocycles. The zero-order valence-corrected chi connectivity index (χ0v) is 12.4. The molecule has 2 fully saturated rings. The number of carbonyl (C=O) groups is 1. The summed E-state index contributed by atoms with van der Waals surface area (Å²) in [5, 5.41) is 6.31. The molecule has 0 aliphatic carbocycles. The van der Waals surface area contributed by atoms with Crippen LogP contribution in [0.4, 0.5) is 5.69 Å². The van der Waals surface area contributed by atoms with Crippen molar-refractivity contribution in [3.63, 3.8) is 0 Å². The number of amides is 1. The topological polar surface area (TPSA) is 59.6 Å². The first-order valence-corrected chi connectivity index (χ1v) is 7.57. The van der Waals surface area contributed by atoms with Gasteiger partial charge in [-0.2, -0.15) is 0 Å². The lowest BCUT2D eigenvalue weighted by molar-refractivity contribution is -0.122. The third kappa shape index (κ3) is 3.26. The number of anilines is 1. The normalized spacial score (nSPS) is 26.7. The van der Waals surface area contributed by atoms with Crippen LogP contribution >= 0.6 is 0 Å². The summed E-state index contributed by atoms with van der Waals surface area (Å²) in [5.74, 6) is 0.0308. The van der Waals surface area contributed by atoms with Gasteiger partial charge in [-0.25, -0.2) is 0 Å². The maximum absolute atomic E-state index is 12.4. The Morgan fingerprint density at radius 3 is 2.57 bits per heavy atom. The molecule has 2 N–H and O–H groups in total. The highest BCUT2D eigenvalue weighted by Crippen LogP contribution is 2.25. The maximum atomic E-state index is 12.4. The molecule has 2 aliphatic heterocycles. The van der Waals surface area contributed by atoms with Crippen molar-refractivity contribution >= 4 is 11.6 Å². The minimum absolute atomic E-state index is 0.0308. The predicted octanol–water partition coefficient (Wildman–Crippen LogP) is 2.20. The summed E-state index contributed by atoms with van der Waals surface area (Å²) < 4.78 is 10.9. The average Bonchev–Trinajstić information content (AvgIpc) is 3.03. The van der Waals surface area contributed by atoms with Crippen molar-refractivity contribution in [2.24, 2.45) is 0 Å². The lowest BCUT2D eigenvalue weighted by Gasteiger charge is -2.33. The highest BCUT2D eigenvalue weighted by atomic mass is 16.7. The van der Waals surface area contributed by atoms with Crippen LogP contribution < -0.4 is 10.6 Å². The lowest BCUT2D eigenvalue weighted by atomic mass is 9.90. The van der Waals surface area contributed by atoms with E-state index in [-0.39, 0.29) is 12.2 Å². The molecular formula is C16H22N2O3. The Hall–Kier alpha value is -1.43. The molecule has 0 radical (unpaired) electrons. The summed E-state index contributed by atoms with van der Waals surface area (Å²) in [6.07, 6.45) is 2.83. The smallest absolute Gasteiger partial charge is 0.244 e. The van der Waals surface area contributed by atoms with Crippen molar-refractivity contribution < 1.29 is 14.3 Å². The summed E-state index contributed by atoms with van der Waals surface area (Å²) in [7, 11) is 0. The van der Waals surface area contributed by atoms with Gasteiger partial charge in [-0.15, -0.1) is 0 Å². The first-order chi connectivity index (χ1) is 10.2. The quantitative estimate of drug-likeness (QED) is 0.896. The zero-order chi connectivity index (χ0) is 14.7. The van der Waals surface area contributed by atoms with Crippen LogP contribution in [0, 0.1) is 0 Å². The fraction of sp³-hybridized carbons (Fsp3) is 0.562. The second-order valence-electron chi connectivity index (χ2n) is 5.87. The maximum Gasteiger partial charge on any atom is 0.244 e. The van der Waals surface area contributed by atoms with Crippen LogP contribution in [0.25, 0.3) is 0 Å². The molecule has 5 heteroatoms. The van der Waals surface area contributed by atoms with Crippen molar-refractivity contribution in [2.45, 2.75) is 38.0 Å². The molecule has 1 unspecified atom stereocenters. The first-order valence-electron chi connectivity index (χ1n) is 7.57. The van der Waals surface area contributed by atoms with Gasteiger partial charge in [0.1, 0.15) is 0 Å². The van der Waals surface area contributed by atoms with Gasteiger partial charge in [-0.1, -0.05) is 12.1 Å². The summed E-state index contributed by atoms with van der Waals surface area (Å²) in [6, 6.07) is 7.65. The molecule has 0 bridgehead atoms. The van der Waals surface area contributed by atoms with Gasteiger partial charge in [-0.05, 0) is 44.9 Å². The number of carbonyl (C=O) groups excluding carboxylic acids is 1. The number of piperidine rings is 1. The number of hydrogen-bond donors (Lipinski definition) is 2. The number of benzene rings is 1. The van der Waals surface area contributed by atoms with Gasteiger partial charge in [0, 0.05) is 11.3 Å². The van der Waals surface area contributed by atoms with E-state index >= 15 is 0 Å². The van der Waals surface area contributed by atoms with Gasteiger partial charge in [0.15, 0.2) is 6.29 Å². The first kappa shape index (κ1) is 14.5. The fourth-order valence-corrected chi connectivity index (χ4v) is 2.79. The van der Waals surface area contributed by atoms with E-state index in [4.69, 9.17) is 9.47 Å². The third-order valence-corrected chi connectivity index (χ3v) is 4.18. The molecule has 2 aliphatic rings. The largest absolute Gasteiger partial charge is 0.346 e. The van der Waals surface area contributed by atoms with E-state index in [0.29, 0.717) is 13.2 Å². The van der Waals surface area contributed by atoms with Crippen LogP contribution in [0.3, 0.4) is 0 Å². The van der Waals surface area contributed by atoms with Gasteiger partial charge in [-0.3, -0.25) is 4.79 Å². The molecule has 114 valence electrons. The van der Waals surface area contributed by atoms with Crippen molar-refractivity contribution in [1.29, 1.82) is 0 Å². The average molecular weight is 290 g/mol. The van der Waals surface area contributed by atoms with Crippen molar-refractivity contribution in [1.82, 2.24) is 5.32 Å². The van der Waals surface area contributed by atoms with Gasteiger partial charge in [0.05, 0.1) is 18.8 Å². The second-order valence-corrected chi connectivity index (χ2v) is 5.87. The molecule has 1 atom stereocenters. The van der Waals surface area contributed by atoms with Crippen LogP contribution in [0.2, 0.25) is 0 Å². The van der Waals surface area contributed by atoms with Crippen molar-refractivity contribution in [2.75, 3.05) is 25.1 Å². The summed E-state index contributed by atoms with van der Waals surface area (Å²) in [6.45, 7) is 4.13. The van der Waals surface area contributed by atoms with E-state index < -0.39 is 5.54 Å². The van der Waals surface area contributed by atoms with Gasteiger partial charge >= 0.3 is 0 Å². The standard InChI is InChI=1S/C16H22N2O3/c1-16(8-2-3-9-17-16)15(19)18-13-6-4-12(5-7-13)14-20-10-11-21-14/h4-7,14,17H,2-3,8-11H2,1H3,(H,18,19). The Balaban J connectivity index is 1.63. The molecule has 1 amide bonds. The SMILES string of the molecule is CC1(C(=O)Nc2ccc(C3OCCO3)cc2)CCCCN1. The van der Waals surface area contributed by atoms with E-state index in [1.807, 2.05) is 31.2 Å². The molecular weight excluding hydrogens is 268 g/mol. The van der Waals surface area contributed by atoms with Crippen molar-refractivity contribution in [3.8, 4) is 0 Å². The van der Waals surface area contributed by atoms with E-state index in [2.05, 4.69) is 10.6 Å². The Labute approximate surface area is 125 Å². The van der Waals surface area contributed by atoms with Gasteiger partial charge < -0.3 is 20.1 Å². The van der Waals surface area contributed by atoms with Crippen molar-refractivity contribution in [3.05, 3.63) is 29.8 Å². The molecule has 2 saturated heterocycles. The summed E-state index contributed by atoms with van der Waals surface area (Å²) >= 11 is 0. The summed E-state index contributed by atoms with van der Waals surface area (Å²) in [4.78, 5) is 12.4. The monoisotopic (exact) mass is 290 g/mol. The third-order valence-electron chi connectivity index (χ3n) is 4.18. The van der Waals surface area contributed by atoms with E-state index in [1.165, 1.54) is 0 Å². The van der Waals surface area contributed by atoms with Gasteiger partial charge in [0.25, 0.3) is 0 Å². The summed E-state index contributed by atoms with van der Waals surface area (Å²) in [5.41, 5.74) is 1.32. The molecule has 0 aromatic heterocycles. The molecule has 0 spiro atoms. The highest BCUT2D eigenvalue weighted by molar-refractivity contribution is 5.97. The number of ether oxygens (including phenoxy) is 2. The van der Waals surface area contributed by atoms with Crippen LogP contribution in [-0.4, -0.2) is 31.2 Å². The lowest BCUT2D eigenvalue weighted by Crippen LogP contribution is -2.54. The Morgan fingerprint density at radius 2 is 1.95 bits per heavy atom. The second kappa shape index (κ2) is 6.13. The number of hydrogen-bond acceptors (Lipinski definition) is 4. The van der Waals surface area contributed by atoms with Crippen LogP contribution in [-0.2, 0) is 14.3 Å². The number of rotatable bonds is 3. The van der Waals surface area contributed by atoms with E-state index in [0.717, 1.165) is 37.1 Å². The minimum Gasteiger partial charge on any atom is -0.346 e. The van der Waals surface area contributed by atoms with Crippen LogP contribution in [0.15, 0.2) is 24.3 Å². The highest BCUT2D eigenvalue weighted by Gasteiger charge is 2.34. The van der Waals surface area contributed by atoms with E-state index in [9.17, 15) is 4.79 Å². The molecule has 5 nitrogen and oxygen atoms in total. The fourth-order valence-electron chi connectivity index (χ4n) is 2.79. The Bertz CT molecular complexity index is 489. The molecule has 3 rings (SSSR count). The molecule has 1 aromatic carbocycles. The van der Waals surface area contributed by atoms with Gasteiger partial charge in [0.2, 0.25) is 5.91 Å². The molecule has 1 aromatic rings. The predicted molar refractivity (Wildman–Crippen MR) is 80.0 cm³/mol. The van der Waals surface area contributed by atoms with Crippen LogP contribution in [0.5, 0.6) is 0 Å². The Kier molecular flexibility index (Phi) is 4.24. The Morgan fingerprint density at radius 1 is 1.24 bits per heavy atom. The van der Waals surface area contributed by atoms with Crippen LogP contribution in [0.1, 0.15) is 38.0 Å². The molecule has 2 heterocycles. The van der Waals surface area contributed by atoms with E-state index in [1.54, 1.807) is 0 Å².